The lowest BCUT2D eigenvalue weighted by Crippen LogP contribution is -2.44. The van der Waals surface area contributed by atoms with Gasteiger partial charge >= 0.3 is 0 Å². The second kappa shape index (κ2) is 10.0. The van der Waals surface area contributed by atoms with Crippen molar-refractivity contribution in [1.29, 1.82) is 0 Å². The van der Waals surface area contributed by atoms with Crippen LogP contribution in [-0.2, 0) is 9.59 Å². The van der Waals surface area contributed by atoms with Crippen LogP contribution in [-0.4, -0.2) is 59.3 Å². The molecule has 0 aliphatic carbocycles. The molecule has 1 aromatic carbocycles. The number of benzene rings is 1. The molecule has 3 rings (SSSR count). The summed E-state index contributed by atoms with van der Waals surface area (Å²) in [6.07, 6.45) is 6.10. The van der Waals surface area contributed by atoms with E-state index >= 15 is 0 Å². The van der Waals surface area contributed by atoms with Crippen molar-refractivity contribution in [3.8, 4) is 0 Å². The molecule has 0 bridgehead atoms. The van der Waals surface area contributed by atoms with Gasteiger partial charge in [0.05, 0.1) is 11.5 Å². The number of carbonyl (C=O) groups is 2. The first kappa shape index (κ1) is 21.5. The van der Waals surface area contributed by atoms with E-state index in [4.69, 9.17) is 11.6 Å². The number of amides is 2. The molecule has 0 atom stereocenters. The summed E-state index contributed by atoms with van der Waals surface area (Å²) in [5.41, 5.74) is 0.106. The summed E-state index contributed by atoms with van der Waals surface area (Å²) in [7, 11) is 0. The smallest absolute Gasteiger partial charge is 0.289 e. The highest BCUT2D eigenvalue weighted by atomic mass is 35.5. The minimum absolute atomic E-state index is 0.0316. The Labute approximate surface area is 175 Å². The number of anilines is 1. The summed E-state index contributed by atoms with van der Waals surface area (Å²) in [5, 5.41) is 13.7. The van der Waals surface area contributed by atoms with Gasteiger partial charge in [-0.1, -0.05) is 24.4 Å². The Morgan fingerprint density at radius 3 is 2.38 bits per heavy atom. The zero-order valence-electron chi connectivity index (χ0n) is 16.4. The number of halogens is 1. The van der Waals surface area contributed by atoms with E-state index in [9.17, 15) is 19.7 Å². The molecule has 2 aliphatic rings. The van der Waals surface area contributed by atoms with E-state index in [0.29, 0.717) is 18.8 Å². The van der Waals surface area contributed by atoms with Crippen LogP contribution in [0.5, 0.6) is 0 Å². The number of nitro groups is 1. The van der Waals surface area contributed by atoms with Crippen LogP contribution in [0.15, 0.2) is 18.2 Å². The molecule has 1 N–H and O–H groups in total. The molecule has 0 radical (unpaired) electrons. The van der Waals surface area contributed by atoms with Gasteiger partial charge in [0, 0.05) is 30.8 Å². The van der Waals surface area contributed by atoms with Crippen molar-refractivity contribution in [3.63, 3.8) is 0 Å². The summed E-state index contributed by atoms with van der Waals surface area (Å²) in [5.74, 6) is 0.0784. The zero-order valence-corrected chi connectivity index (χ0v) is 17.2. The van der Waals surface area contributed by atoms with Gasteiger partial charge in [0.25, 0.3) is 5.69 Å². The first-order valence-electron chi connectivity index (χ1n) is 10.2. The molecule has 9 heteroatoms. The molecule has 2 amide bonds. The maximum Gasteiger partial charge on any atom is 0.289 e. The van der Waals surface area contributed by atoms with Crippen LogP contribution >= 0.6 is 11.6 Å². The maximum atomic E-state index is 12.8. The summed E-state index contributed by atoms with van der Waals surface area (Å²) in [4.78, 5) is 39.5. The van der Waals surface area contributed by atoms with Crippen molar-refractivity contribution < 1.29 is 14.5 Å². The predicted octanol–water partition coefficient (Wildman–Crippen LogP) is 3.30. The van der Waals surface area contributed by atoms with Gasteiger partial charge in [0.1, 0.15) is 5.02 Å². The van der Waals surface area contributed by atoms with Crippen LogP contribution in [0, 0.1) is 16.0 Å². The molecule has 2 aliphatic heterocycles. The first-order valence-corrected chi connectivity index (χ1v) is 10.6. The van der Waals surface area contributed by atoms with Crippen LogP contribution < -0.4 is 5.32 Å². The van der Waals surface area contributed by atoms with Gasteiger partial charge < -0.3 is 10.2 Å². The van der Waals surface area contributed by atoms with Crippen molar-refractivity contribution in [3.05, 3.63) is 33.3 Å². The third kappa shape index (κ3) is 5.90. The molecule has 2 heterocycles. The van der Waals surface area contributed by atoms with Crippen LogP contribution in [0.4, 0.5) is 11.4 Å². The molecule has 8 nitrogen and oxygen atoms in total. The maximum absolute atomic E-state index is 12.8. The molecule has 0 unspecified atom stereocenters. The number of nitrogens with one attached hydrogen (secondary N) is 1. The van der Waals surface area contributed by atoms with Gasteiger partial charge in [-0.25, -0.2) is 0 Å². The lowest BCUT2D eigenvalue weighted by Gasteiger charge is -2.33. The first-order chi connectivity index (χ1) is 13.9. The van der Waals surface area contributed by atoms with E-state index in [-0.39, 0.29) is 35.0 Å². The Bertz CT molecular complexity index is 757. The standard InChI is InChI=1S/C20H27ClN4O4/c21-17-6-5-16(13-18(17)25(28)29)22-19(26)14-23-11-7-15(8-12-23)20(27)24-9-3-1-2-4-10-24/h5-6,13,15H,1-4,7-12,14H2,(H,22,26). The van der Waals surface area contributed by atoms with Crippen LogP contribution in [0.3, 0.4) is 0 Å². The van der Waals surface area contributed by atoms with Crippen LogP contribution in [0.2, 0.25) is 5.02 Å². The fourth-order valence-electron chi connectivity index (χ4n) is 4.02. The quantitative estimate of drug-likeness (QED) is 0.580. The lowest BCUT2D eigenvalue weighted by atomic mass is 9.95. The molecular formula is C20H27ClN4O4. The Hall–Kier alpha value is -2.19. The zero-order chi connectivity index (χ0) is 20.8. The van der Waals surface area contributed by atoms with Crippen molar-refractivity contribution in [2.24, 2.45) is 5.92 Å². The molecule has 158 valence electrons. The number of rotatable bonds is 5. The van der Waals surface area contributed by atoms with Gasteiger partial charge in [-0.05, 0) is 50.9 Å². The monoisotopic (exact) mass is 422 g/mol. The number of hydrogen-bond acceptors (Lipinski definition) is 5. The average Bonchev–Trinajstić information content (AvgIpc) is 2.99. The number of piperidine rings is 1. The van der Waals surface area contributed by atoms with E-state index in [1.807, 2.05) is 9.80 Å². The minimum Gasteiger partial charge on any atom is -0.342 e. The highest BCUT2D eigenvalue weighted by molar-refractivity contribution is 6.32. The molecule has 0 aromatic heterocycles. The Morgan fingerprint density at radius 2 is 1.76 bits per heavy atom. The summed E-state index contributed by atoms with van der Waals surface area (Å²) < 4.78 is 0. The molecule has 29 heavy (non-hydrogen) atoms. The normalized spacial score (nSPS) is 18.9. The van der Waals surface area contributed by atoms with Gasteiger partial charge in [-0.2, -0.15) is 0 Å². The lowest BCUT2D eigenvalue weighted by molar-refractivity contribution is -0.384. The number of carbonyl (C=O) groups excluding carboxylic acids is 2. The van der Waals surface area contributed by atoms with Gasteiger partial charge in [-0.3, -0.25) is 24.6 Å². The third-order valence-electron chi connectivity index (χ3n) is 5.65. The highest BCUT2D eigenvalue weighted by Gasteiger charge is 2.29. The molecule has 2 saturated heterocycles. The summed E-state index contributed by atoms with van der Waals surface area (Å²) >= 11 is 5.79. The second-order valence-corrected chi connectivity index (χ2v) is 8.17. The topological polar surface area (TPSA) is 95.8 Å². The van der Waals surface area contributed by atoms with Crippen molar-refractivity contribution >= 4 is 34.8 Å². The Kier molecular flexibility index (Phi) is 7.44. The molecular weight excluding hydrogens is 396 g/mol. The predicted molar refractivity (Wildman–Crippen MR) is 111 cm³/mol. The summed E-state index contributed by atoms with van der Waals surface area (Å²) in [6, 6.07) is 4.20. The fourth-order valence-corrected chi connectivity index (χ4v) is 4.21. The van der Waals surface area contributed by atoms with E-state index in [2.05, 4.69) is 5.32 Å². The minimum atomic E-state index is -0.579. The van der Waals surface area contributed by atoms with Crippen LogP contribution in [0.25, 0.3) is 0 Å². The Balaban J connectivity index is 1.46. The number of nitrogens with zero attached hydrogens (tertiary/aromatic N) is 3. The van der Waals surface area contributed by atoms with E-state index in [1.54, 1.807) is 6.07 Å². The third-order valence-corrected chi connectivity index (χ3v) is 5.97. The van der Waals surface area contributed by atoms with Gasteiger partial charge in [-0.15, -0.1) is 0 Å². The van der Waals surface area contributed by atoms with E-state index in [1.165, 1.54) is 25.0 Å². The number of nitro benzene ring substituents is 1. The average molecular weight is 423 g/mol. The largest absolute Gasteiger partial charge is 0.342 e. The molecule has 0 spiro atoms. The second-order valence-electron chi connectivity index (χ2n) is 7.76. The SMILES string of the molecule is O=C(CN1CCC(C(=O)N2CCCCCC2)CC1)Nc1ccc(Cl)c([N+](=O)[O-])c1. The Morgan fingerprint density at radius 1 is 1.10 bits per heavy atom. The molecule has 2 fully saturated rings. The van der Waals surface area contributed by atoms with Crippen molar-refractivity contribution in [1.82, 2.24) is 9.80 Å². The number of likely N-dealkylation sites (tertiary alicyclic amines) is 2. The van der Waals surface area contributed by atoms with E-state index in [0.717, 1.165) is 38.8 Å². The van der Waals surface area contributed by atoms with Crippen molar-refractivity contribution in [2.75, 3.05) is 38.0 Å². The van der Waals surface area contributed by atoms with E-state index < -0.39 is 4.92 Å². The van der Waals surface area contributed by atoms with Crippen LogP contribution in [0.1, 0.15) is 38.5 Å². The van der Waals surface area contributed by atoms with Gasteiger partial charge in [0.15, 0.2) is 0 Å². The summed E-state index contributed by atoms with van der Waals surface area (Å²) in [6.45, 7) is 3.32. The van der Waals surface area contributed by atoms with Crippen molar-refractivity contribution in [2.45, 2.75) is 38.5 Å². The number of hydrogen-bond donors (Lipinski definition) is 1. The molecule has 0 saturated carbocycles. The highest BCUT2D eigenvalue weighted by Crippen LogP contribution is 2.27. The van der Waals surface area contributed by atoms with Gasteiger partial charge in [0.2, 0.25) is 11.8 Å². The molecule has 1 aromatic rings. The fraction of sp³-hybridized carbons (Fsp3) is 0.600.